The molecule has 0 aliphatic carbocycles. The molecule has 1 amide bonds. The number of benzene rings is 1. The number of carbonyl (C=O) groups is 1. The number of hydrogen-bond donors (Lipinski definition) is 1. The third-order valence-corrected chi connectivity index (χ3v) is 2.44. The third-order valence-electron chi connectivity index (χ3n) is 2.44. The molecule has 3 nitrogen and oxygen atoms in total. The summed E-state index contributed by atoms with van der Waals surface area (Å²) in [6, 6.07) is 7.63. The zero-order chi connectivity index (χ0) is 11.3. The van der Waals surface area contributed by atoms with Crippen molar-refractivity contribution in [3.63, 3.8) is 0 Å². The highest BCUT2D eigenvalue weighted by molar-refractivity contribution is 5.95. The standard InChI is InChI=1S/C12H18N2O/c1-3-14(9-8-13)12(15)11-7-5-4-6-10(11)2/h4-7H,3,8-9,13H2,1-2H3. The lowest BCUT2D eigenvalue weighted by atomic mass is 10.1. The summed E-state index contributed by atoms with van der Waals surface area (Å²) in [6.45, 7) is 5.73. The number of aryl methyl sites for hydroxylation is 1. The largest absolute Gasteiger partial charge is 0.338 e. The zero-order valence-corrected chi connectivity index (χ0v) is 9.36. The average molecular weight is 206 g/mol. The van der Waals surface area contributed by atoms with E-state index in [2.05, 4.69) is 0 Å². The van der Waals surface area contributed by atoms with Crippen molar-refractivity contribution in [1.29, 1.82) is 0 Å². The summed E-state index contributed by atoms with van der Waals surface area (Å²) in [5.74, 6) is 0.0704. The molecular weight excluding hydrogens is 188 g/mol. The molecule has 0 aliphatic rings. The van der Waals surface area contributed by atoms with E-state index in [0.29, 0.717) is 19.6 Å². The first-order valence-electron chi connectivity index (χ1n) is 5.25. The number of carbonyl (C=O) groups excluding carboxylic acids is 1. The van der Waals surface area contributed by atoms with Crippen LogP contribution in [0.25, 0.3) is 0 Å². The maximum absolute atomic E-state index is 12.1. The minimum absolute atomic E-state index is 0.0704. The summed E-state index contributed by atoms with van der Waals surface area (Å²) < 4.78 is 0. The molecule has 0 heterocycles. The van der Waals surface area contributed by atoms with E-state index in [1.165, 1.54) is 0 Å². The second kappa shape index (κ2) is 5.51. The van der Waals surface area contributed by atoms with Crippen molar-refractivity contribution >= 4 is 5.91 Å². The van der Waals surface area contributed by atoms with E-state index >= 15 is 0 Å². The van der Waals surface area contributed by atoms with Gasteiger partial charge in [0.1, 0.15) is 0 Å². The fourth-order valence-electron chi connectivity index (χ4n) is 1.54. The molecule has 3 heteroatoms. The van der Waals surface area contributed by atoms with Gasteiger partial charge in [-0.25, -0.2) is 0 Å². The van der Waals surface area contributed by atoms with Crippen LogP contribution in [0.1, 0.15) is 22.8 Å². The number of rotatable bonds is 4. The second-order valence-electron chi connectivity index (χ2n) is 3.49. The first kappa shape index (κ1) is 11.7. The van der Waals surface area contributed by atoms with E-state index in [1.807, 2.05) is 38.1 Å². The molecule has 0 radical (unpaired) electrons. The van der Waals surface area contributed by atoms with Crippen molar-refractivity contribution in [2.45, 2.75) is 13.8 Å². The van der Waals surface area contributed by atoms with Gasteiger partial charge in [0.2, 0.25) is 0 Å². The fraction of sp³-hybridized carbons (Fsp3) is 0.417. The van der Waals surface area contributed by atoms with E-state index in [4.69, 9.17) is 5.73 Å². The van der Waals surface area contributed by atoms with Gasteiger partial charge in [0.15, 0.2) is 0 Å². The molecule has 1 aromatic rings. The van der Waals surface area contributed by atoms with Crippen LogP contribution in [-0.4, -0.2) is 30.4 Å². The van der Waals surface area contributed by atoms with Gasteiger partial charge in [0.25, 0.3) is 5.91 Å². The van der Waals surface area contributed by atoms with Crippen LogP contribution < -0.4 is 5.73 Å². The normalized spacial score (nSPS) is 10.1. The topological polar surface area (TPSA) is 46.3 Å². The van der Waals surface area contributed by atoms with Gasteiger partial charge in [-0.15, -0.1) is 0 Å². The van der Waals surface area contributed by atoms with Gasteiger partial charge in [-0.1, -0.05) is 18.2 Å². The van der Waals surface area contributed by atoms with Gasteiger partial charge in [-0.05, 0) is 25.5 Å². The molecule has 0 atom stereocenters. The van der Waals surface area contributed by atoms with Gasteiger partial charge in [-0.3, -0.25) is 4.79 Å². The minimum atomic E-state index is 0.0704. The smallest absolute Gasteiger partial charge is 0.254 e. The van der Waals surface area contributed by atoms with E-state index in [9.17, 15) is 4.79 Å². The van der Waals surface area contributed by atoms with Crippen LogP contribution in [0.2, 0.25) is 0 Å². The average Bonchev–Trinajstić information content (AvgIpc) is 2.25. The van der Waals surface area contributed by atoms with E-state index in [1.54, 1.807) is 4.90 Å². The highest BCUT2D eigenvalue weighted by Gasteiger charge is 2.14. The Morgan fingerprint density at radius 1 is 1.40 bits per heavy atom. The molecule has 2 N–H and O–H groups in total. The van der Waals surface area contributed by atoms with Crippen molar-refractivity contribution in [2.75, 3.05) is 19.6 Å². The molecule has 1 aromatic carbocycles. The lowest BCUT2D eigenvalue weighted by Crippen LogP contribution is -2.35. The molecule has 0 aromatic heterocycles. The summed E-state index contributed by atoms with van der Waals surface area (Å²) in [4.78, 5) is 13.8. The number of amides is 1. The monoisotopic (exact) mass is 206 g/mol. The number of likely N-dealkylation sites (N-methyl/N-ethyl adjacent to an activating group) is 1. The number of hydrogen-bond acceptors (Lipinski definition) is 2. The predicted molar refractivity (Wildman–Crippen MR) is 61.8 cm³/mol. The predicted octanol–water partition coefficient (Wildman–Crippen LogP) is 1.42. The van der Waals surface area contributed by atoms with Gasteiger partial charge in [0, 0.05) is 25.2 Å². The molecule has 0 saturated carbocycles. The Kier molecular flexibility index (Phi) is 4.31. The zero-order valence-electron chi connectivity index (χ0n) is 9.36. The van der Waals surface area contributed by atoms with Crippen molar-refractivity contribution in [3.8, 4) is 0 Å². The summed E-state index contributed by atoms with van der Waals surface area (Å²) in [7, 11) is 0. The number of nitrogens with two attached hydrogens (primary N) is 1. The number of nitrogens with zero attached hydrogens (tertiary/aromatic N) is 1. The van der Waals surface area contributed by atoms with E-state index < -0.39 is 0 Å². The van der Waals surface area contributed by atoms with Crippen molar-refractivity contribution in [2.24, 2.45) is 5.73 Å². The maximum atomic E-state index is 12.1. The second-order valence-corrected chi connectivity index (χ2v) is 3.49. The highest BCUT2D eigenvalue weighted by Crippen LogP contribution is 2.10. The highest BCUT2D eigenvalue weighted by atomic mass is 16.2. The molecule has 1 rings (SSSR count). The summed E-state index contributed by atoms with van der Waals surface area (Å²) in [6.07, 6.45) is 0. The van der Waals surface area contributed by atoms with Gasteiger partial charge in [0.05, 0.1) is 0 Å². The Morgan fingerprint density at radius 2 is 2.07 bits per heavy atom. The molecule has 82 valence electrons. The Labute approximate surface area is 90.9 Å². The van der Waals surface area contributed by atoms with Crippen LogP contribution in [0.5, 0.6) is 0 Å². The van der Waals surface area contributed by atoms with Gasteiger partial charge in [-0.2, -0.15) is 0 Å². The minimum Gasteiger partial charge on any atom is -0.338 e. The molecule has 0 fully saturated rings. The van der Waals surface area contributed by atoms with Crippen molar-refractivity contribution < 1.29 is 4.79 Å². The fourth-order valence-corrected chi connectivity index (χ4v) is 1.54. The molecule has 0 spiro atoms. The van der Waals surface area contributed by atoms with E-state index in [-0.39, 0.29) is 5.91 Å². The summed E-state index contributed by atoms with van der Waals surface area (Å²) in [5, 5.41) is 0. The van der Waals surface area contributed by atoms with Crippen LogP contribution in [-0.2, 0) is 0 Å². The lowest BCUT2D eigenvalue weighted by molar-refractivity contribution is 0.0768. The van der Waals surface area contributed by atoms with E-state index in [0.717, 1.165) is 11.1 Å². The molecule has 0 aliphatic heterocycles. The summed E-state index contributed by atoms with van der Waals surface area (Å²) >= 11 is 0. The van der Waals surface area contributed by atoms with Crippen molar-refractivity contribution in [1.82, 2.24) is 4.90 Å². The molecule has 0 bridgehead atoms. The van der Waals surface area contributed by atoms with Crippen molar-refractivity contribution in [3.05, 3.63) is 35.4 Å². The Bertz CT molecular complexity index is 336. The first-order valence-corrected chi connectivity index (χ1v) is 5.25. The molecular formula is C12H18N2O. The van der Waals surface area contributed by atoms with Crippen LogP contribution >= 0.6 is 0 Å². The van der Waals surface area contributed by atoms with Crippen LogP contribution in [0, 0.1) is 6.92 Å². The molecule has 15 heavy (non-hydrogen) atoms. The van der Waals surface area contributed by atoms with Gasteiger partial charge >= 0.3 is 0 Å². The van der Waals surface area contributed by atoms with Crippen LogP contribution in [0.4, 0.5) is 0 Å². The first-order chi connectivity index (χ1) is 7.20. The Hall–Kier alpha value is -1.35. The maximum Gasteiger partial charge on any atom is 0.254 e. The quantitative estimate of drug-likeness (QED) is 0.809. The molecule has 0 unspecified atom stereocenters. The molecule has 0 saturated heterocycles. The third kappa shape index (κ3) is 2.80. The van der Waals surface area contributed by atoms with Gasteiger partial charge < -0.3 is 10.6 Å². The van der Waals surface area contributed by atoms with Crippen LogP contribution in [0.15, 0.2) is 24.3 Å². The lowest BCUT2D eigenvalue weighted by Gasteiger charge is -2.20. The Morgan fingerprint density at radius 3 is 2.60 bits per heavy atom. The van der Waals surface area contributed by atoms with Crippen LogP contribution in [0.3, 0.4) is 0 Å². The SMILES string of the molecule is CCN(CCN)C(=O)c1ccccc1C. The summed E-state index contributed by atoms with van der Waals surface area (Å²) in [5.41, 5.74) is 7.25. The Balaban J connectivity index is 2.88.